The highest BCUT2D eigenvalue weighted by Crippen LogP contribution is 2.31. The molecule has 3 atom stereocenters. The minimum Gasteiger partial charge on any atom is -0.393 e. The summed E-state index contributed by atoms with van der Waals surface area (Å²) in [4.78, 5) is 2.54. The van der Waals surface area contributed by atoms with Gasteiger partial charge in [0.2, 0.25) is 0 Å². The molecule has 4 nitrogen and oxygen atoms in total. The van der Waals surface area contributed by atoms with Crippen LogP contribution in [-0.2, 0) is 4.74 Å². The van der Waals surface area contributed by atoms with Crippen LogP contribution in [-0.4, -0.2) is 61.0 Å². The second-order valence-corrected chi connectivity index (χ2v) is 8.33. The molecule has 0 bridgehead atoms. The second-order valence-electron chi connectivity index (χ2n) is 8.33. The zero-order valence-corrected chi connectivity index (χ0v) is 14.3. The lowest BCUT2D eigenvalue weighted by atomic mass is 9.80. The molecule has 0 aliphatic carbocycles. The van der Waals surface area contributed by atoms with Crippen LogP contribution in [0.1, 0.15) is 47.0 Å². The third-order valence-electron chi connectivity index (χ3n) is 4.90. The molecule has 4 heteroatoms. The lowest BCUT2D eigenvalue weighted by molar-refractivity contribution is -0.0456. The Balaban J connectivity index is 1.95. The Kier molecular flexibility index (Phi) is 5.69. The van der Waals surface area contributed by atoms with Gasteiger partial charge in [-0.25, -0.2) is 0 Å². The largest absolute Gasteiger partial charge is 0.393 e. The number of nitrogens with one attached hydrogen (secondary N) is 1. The monoisotopic (exact) mass is 298 g/mol. The third kappa shape index (κ3) is 5.20. The lowest BCUT2D eigenvalue weighted by Gasteiger charge is -2.45. The lowest BCUT2D eigenvalue weighted by Crippen LogP contribution is -2.54. The highest BCUT2D eigenvalue weighted by molar-refractivity contribution is 4.91. The third-order valence-corrected chi connectivity index (χ3v) is 4.90. The smallest absolute Gasteiger partial charge is 0.0590 e. The highest BCUT2D eigenvalue weighted by atomic mass is 16.5. The van der Waals surface area contributed by atoms with Gasteiger partial charge in [0, 0.05) is 43.7 Å². The molecule has 3 unspecified atom stereocenters. The summed E-state index contributed by atoms with van der Waals surface area (Å²) in [5, 5.41) is 13.6. The van der Waals surface area contributed by atoms with Gasteiger partial charge in [-0.1, -0.05) is 6.92 Å². The molecule has 2 fully saturated rings. The summed E-state index contributed by atoms with van der Waals surface area (Å²) in [6.07, 6.45) is 3.19. The summed E-state index contributed by atoms with van der Waals surface area (Å²) >= 11 is 0. The van der Waals surface area contributed by atoms with Gasteiger partial charge in [-0.3, -0.25) is 0 Å². The quantitative estimate of drug-likeness (QED) is 0.832. The van der Waals surface area contributed by atoms with Crippen molar-refractivity contribution >= 4 is 0 Å². The second kappa shape index (κ2) is 6.95. The Morgan fingerprint density at radius 1 is 1.38 bits per heavy atom. The molecule has 124 valence electrons. The van der Waals surface area contributed by atoms with E-state index >= 15 is 0 Å². The van der Waals surface area contributed by atoms with E-state index in [1.807, 2.05) is 0 Å². The fraction of sp³-hybridized carbons (Fsp3) is 1.00. The summed E-state index contributed by atoms with van der Waals surface area (Å²) in [6.45, 7) is 14.7. The highest BCUT2D eigenvalue weighted by Gasteiger charge is 2.37. The van der Waals surface area contributed by atoms with Crippen LogP contribution < -0.4 is 5.32 Å². The summed E-state index contributed by atoms with van der Waals surface area (Å²) in [6, 6.07) is 0. The standard InChI is InChI=1S/C17H34N2O2/c1-14-10-19(8-6-15(14)20)12-17(7-5-9-21-13-17)11-18-16(2,3)4/h14-15,18,20H,5-13H2,1-4H3. The summed E-state index contributed by atoms with van der Waals surface area (Å²) in [5.41, 5.74) is 0.378. The molecular formula is C17H34N2O2. The maximum absolute atomic E-state index is 9.91. The van der Waals surface area contributed by atoms with Gasteiger partial charge in [0.1, 0.15) is 0 Å². The number of hydrogen-bond donors (Lipinski definition) is 2. The number of ether oxygens (including phenoxy) is 1. The maximum atomic E-state index is 9.91. The van der Waals surface area contributed by atoms with Crippen molar-refractivity contribution in [3.8, 4) is 0 Å². The first-order valence-corrected chi connectivity index (χ1v) is 8.53. The molecule has 2 saturated heterocycles. The zero-order chi connectivity index (χ0) is 15.5. The summed E-state index contributed by atoms with van der Waals surface area (Å²) < 4.78 is 5.82. The maximum Gasteiger partial charge on any atom is 0.0590 e. The molecule has 2 rings (SSSR count). The van der Waals surface area contributed by atoms with Crippen LogP contribution in [0.4, 0.5) is 0 Å². The van der Waals surface area contributed by atoms with Gasteiger partial charge < -0.3 is 20.1 Å². The SMILES string of the molecule is CC1CN(CC2(CNC(C)(C)C)CCCOC2)CCC1O. The van der Waals surface area contributed by atoms with E-state index in [1.54, 1.807) is 0 Å². The van der Waals surface area contributed by atoms with Gasteiger partial charge in [-0.15, -0.1) is 0 Å². The average molecular weight is 298 g/mol. The molecule has 0 saturated carbocycles. The summed E-state index contributed by atoms with van der Waals surface area (Å²) in [5.74, 6) is 0.385. The molecule has 2 aliphatic rings. The van der Waals surface area contributed by atoms with Crippen molar-refractivity contribution in [1.29, 1.82) is 0 Å². The minimum atomic E-state index is -0.118. The Labute approximate surface area is 130 Å². The number of aliphatic hydroxyl groups excluding tert-OH is 1. The Morgan fingerprint density at radius 2 is 2.14 bits per heavy atom. The van der Waals surface area contributed by atoms with E-state index in [-0.39, 0.29) is 17.1 Å². The van der Waals surface area contributed by atoms with Crippen LogP contribution in [0, 0.1) is 11.3 Å². The number of rotatable bonds is 4. The van der Waals surface area contributed by atoms with Crippen LogP contribution in [0.15, 0.2) is 0 Å². The van der Waals surface area contributed by atoms with Crippen molar-refractivity contribution in [3.63, 3.8) is 0 Å². The molecular weight excluding hydrogens is 264 g/mol. The predicted octanol–water partition coefficient (Wildman–Crippen LogP) is 1.87. The van der Waals surface area contributed by atoms with E-state index in [0.717, 1.165) is 52.2 Å². The number of piperidine rings is 1. The number of aliphatic hydroxyl groups is 1. The van der Waals surface area contributed by atoms with Crippen LogP contribution in [0.3, 0.4) is 0 Å². The van der Waals surface area contributed by atoms with E-state index in [2.05, 4.69) is 37.9 Å². The zero-order valence-electron chi connectivity index (χ0n) is 14.3. The normalized spacial score (nSPS) is 35.9. The van der Waals surface area contributed by atoms with Gasteiger partial charge in [-0.2, -0.15) is 0 Å². The molecule has 0 radical (unpaired) electrons. The molecule has 0 aromatic heterocycles. The van der Waals surface area contributed by atoms with Crippen molar-refractivity contribution in [2.45, 2.75) is 58.6 Å². The van der Waals surface area contributed by atoms with E-state index in [0.29, 0.717) is 5.92 Å². The van der Waals surface area contributed by atoms with E-state index in [4.69, 9.17) is 4.74 Å². The fourth-order valence-electron chi connectivity index (χ4n) is 3.52. The van der Waals surface area contributed by atoms with Crippen LogP contribution in [0.2, 0.25) is 0 Å². The van der Waals surface area contributed by atoms with Crippen LogP contribution in [0.25, 0.3) is 0 Å². The molecule has 0 aromatic rings. The van der Waals surface area contributed by atoms with Crippen molar-refractivity contribution in [2.24, 2.45) is 11.3 Å². The number of nitrogens with zero attached hydrogens (tertiary/aromatic N) is 1. The van der Waals surface area contributed by atoms with Gasteiger partial charge >= 0.3 is 0 Å². The van der Waals surface area contributed by atoms with Crippen molar-refractivity contribution < 1.29 is 9.84 Å². The van der Waals surface area contributed by atoms with E-state index in [9.17, 15) is 5.11 Å². The van der Waals surface area contributed by atoms with Gasteiger partial charge in [0.15, 0.2) is 0 Å². The first-order valence-electron chi connectivity index (χ1n) is 8.53. The Morgan fingerprint density at radius 3 is 2.71 bits per heavy atom. The first kappa shape index (κ1) is 17.2. The van der Waals surface area contributed by atoms with Crippen molar-refractivity contribution in [3.05, 3.63) is 0 Å². The van der Waals surface area contributed by atoms with E-state index in [1.165, 1.54) is 6.42 Å². The molecule has 2 aliphatic heterocycles. The van der Waals surface area contributed by atoms with Crippen LogP contribution in [0.5, 0.6) is 0 Å². The van der Waals surface area contributed by atoms with Gasteiger partial charge in [-0.05, 0) is 46.0 Å². The van der Waals surface area contributed by atoms with Crippen molar-refractivity contribution in [2.75, 3.05) is 39.4 Å². The Bertz CT molecular complexity index is 321. The van der Waals surface area contributed by atoms with E-state index < -0.39 is 0 Å². The summed E-state index contributed by atoms with van der Waals surface area (Å²) in [7, 11) is 0. The van der Waals surface area contributed by atoms with Crippen LogP contribution >= 0.6 is 0 Å². The predicted molar refractivity (Wildman–Crippen MR) is 86.5 cm³/mol. The van der Waals surface area contributed by atoms with Gasteiger partial charge in [0.05, 0.1) is 12.7 Å². The molecule has 2 N–H and O–H groups in total. The first-order chi connectivity index (χ1) is 9.80. The topological polar surface area (TPSA) is 44.7 Å². The molecule has 0 aromatic carbocycles. The number of hydrogen-bond acceptors (Lipinski definition) is 4. The fourth-order valence-corrected chi connectivity index (χ4v) is 3.52. The van der Waals surface area contributed by atoms with Gasteiger partial charge in [0.25, 0.3) is 0 Å². The van der Waals surface area contributed by atoms with Crippen molar-refractivity contribution in [1.82, 2.24) is 10.2 Å². The number of likely N-dealkylation sites (tertiary alicyclic amines) is 1. The minimum absolute atomic E-state index is 0.118. The molecule has 21 heavy (non-hydrogen) atoms. The molecule has 2 heterocycles. The average Bonchev–Trinajstić information content (AvgIpc) is 2.41. The Hall–Kier alpha value is -0.160. The molecule has 0 amide bonds. The molecule has 0 spiro atoms.